The van der Waals surface area contributed by atoms with E-state index < -0.39 is 0 Å². The van der Waals surface area contributed by atoms with Crippen molar-refractivity contribution in [2.45, 2.75) is 32.9 Å². The van der Waals surface area contributed by atoms with Gasteiger partial charge in [0.05, 0.1) is 18.0 Å². The molecule has 2 rings (SSSR count). The van der Waals surface area contributed by atoms with E-state index in [1.807, 2.05) is 42.7 Å². The minimum Gasteiger partial charge on any atom is -0.375 e. The van der Waals surface area contributed by atoms with Crippen molar-refractivity contribution in [2.75, 3.05) is 13.2 Å². The zero-order valence-corrected chi connectivity index (χ0v) is 12.6. The van der Waals surface area contributed by atoms with Gasteiger partial charge >= 0.3 is 0 Å². The third-order valence-corrected chi connectivity index (χ3v) is 3.17. The first kappa shape index (κ1) is 15.6. The lowest BCUT2D eigenvalue weighted by atomic mass is 10.1. The van der Waals surface area contributed by atoms with Gasteiger partial charge in [-0.2, -0.15) is 0 Å². The van der Waals surface area contributed by atoms with Crippen molar-refractivity contribution in [1.29, 1.82) is 0 Å². The molecule has 0 unspecified atom stereocenters. The van der Waals surface area contributed by atoms with E-state index >= 15 is 0 Å². The van der Waals surface area contributed by atoms with Crippen LogP contribution in [0.2, 0.25) is 0 Å². The summed E-state index contributed by atoms with van der Waals surface area (Å²) < 4.78 is 5.70. The van der Waals surface area contributed by atoms with Crippen LogP contribution >= 0.6 is 0 Å². The fourth-order valence-corrected chi connectivity index (χ4v) is 2.07. The van der Waals surface area contributed by atoms with Crippen LogP contribution in [0.25, 0.3) is 0 Å². The molecule has 0 aliphatic rings. The molecule has 1 N–H and O–H groups in total. The SMILES string of the molecule is CCNCc1cccc(COCCCc2ccncc2)n1. The van der Waals surface area contributed by atoms with E-state index in [0.717, 1.165) is 43.9 Å². The average Bonchev–Trinajstić information content (AvgIpc) is 2.54. The van der Waals surface area contributed by atoms with Crippen molar-refractivity contribution >= 4 is 0 Å². The zero-order chi connectivity index (χ0) is 14.8. The van der Waals surface area contributed by atoms with Crippen LogP contribution in [0.1, 0.15) is 30.3 Å². The lowest BCUT2D eigenvalue weighted by Gasteiger charge is -2.06. The quantitative estimate of drug-likeness (QED) is 0.720. The number of nitrogens with zero attached hydrogens (tertiary/aromatic N) is 2. The van der Waals surface area contributed by atoms with Crippen LogP contribution in [0.15, 0.2) is 42.7 Å². The Morgan fingerprint density at radius 2 is 1.90 bits per heavy atom. The number of aromatic nitrogens is 2. The Labute approximate surface area is 126 Å². The Morgan fingerprint density at radius 3 is 2.71 bits per heavy atom. The van der Waals surface area contributed by atoms with E-state index in [1.165, 1.54) is 5.56 Å². The van der Waals surface area contributed by atoms with Crippen molar-refractivity contribution < 1.29 is 4.74 Å². The van der Waals surface area contributed by atoms with Crippen LogP contribution in [-0.4, -0.2) is 23.1 Å². The molecule has 0 saturated heterocycles. The van der Waals surface area contributed by atoms with Gasteiger partial charge < -0.3 is 10.1 Å². The summed E-state index contributed by atoms with van der Waals surface area (Å²) in [5, 5.41) is 3.28. The van der Waals surface area contributed by atoms with Gasteiger partial charge in [0, 0.05) is 25.5 Å². The molecule has 2 aromatic rings. The molecule has 4 heteroatoms. The van der Waals surface area contributed by atoms with Gasteiger partial charge in [0.25, 0.3) is 0 Å². The van der Waals surface area contributed by atoms with Crippen LogP contribution in [0.5, 0.6) is 0 Å². The molecule has 2 heterocycles. The zero-order valence-electron chi connectivity index (χ0n) is 12.6. The summed E-state index contributed by atoms with van der Waals surface area (Å²) in [5.74, 6) is 0. The molecule has 4 nitrogen and oxygen atoms in total. The Morgan fingerprint density at radius 1 is 1.10 bits per heavy atom. The summed E-state index contributed by atoms with van der Waals surface area (Å²) in [6, 6.07) is 10.2. The number of nitrogens with one attached hydrogen (secondary N) is 1. The Bertz CT molecular complexity index is 516. The van der Waals surface area contributed by atoms with Crippen LogP contribution in [0.4, 0.5) is 0 Å². The first-order chi connectivity index (χ1) is 10.4. The molecule has 2 aromatic heterocycles. The molecular formula is C17H23N3O. The maximum absolute atomic E-state index is 5.70. The third kappa shape index (κ3) is 6.02. The second kappa shape index (κ2) is 9.21. The number of rotatable bonds is 9. The highest BCUT2D eigenvalue weighted by atomic mass is 16.5. The van der Waals surface area contributed by atoms with Crippen molar-refractivity contribution in [2.24, 2.45) is 0 Å². The standard InChI is InChI=1S/C17H23N3O/c1-2-18-13-16-6-3-7-17(20-16)14-21-12-4-5-15-8-10-19-11-9-15/h3,6-11,18H,2,4-5,12-14H2,1H3. The molecule has 0 fully saturated rings. The van der Waals surface area contributed by atoms with E-state index in [2.05, 4.69) is 22.2 Å². The molecular weight excluding hydrogens is 262 g/mol. The lowest BCUT2D eigenvalue weighted by molar-refractivity contribution is 0.116. The number of pyridine rings is 2. The Kier molecular flexibility index (Phi) is 6.84. The minimum atomic E-state index is 0.580. The Balaban J connectivity index is 1.66. The largest absolute Gasteiger partial charge is 0.375 e. The number of aryl methyl sites for hydroxylation is 1. The van der Waals surface area contributed by atoms with Crippen molar-refractivity contribution in [3.63, 3.8) is 0 Å². The molecule has 0 saturated carbocycles. The van der Waals surface area contributed by atoms with Crippen LogP contribution < -0.4 is 5.32 Å². The summed E-state index contributed by atoms with van der Waals surface area (Å²) in [4.78, 5) is 8.58. The van der Waals surface area contributed by atoms with Crippen LogP contribution in [-0.2, 0) is 24.3 Å². The first-order valence-corrected chi connectivity index (χ1v) is 7.50. The highest BCUT2D eigenvalue weighted by Crippen LogP contribution is 2.04. The van der Waals surface area contributed by atoms with Gasteiger partial charge in [0.15, 0.2) is 0 Å². The topological polar surface area (TPSA) is 47.0 Å². The number of hydrogen-bond donors (Lipinski definition) is 1. The van der Waals surface area contributed by atoms with Gasteiger partial charge in [0.2, 0.25) is 0 Å². The summed E-state index contributed by atoms with van der Waals surface area (Å²) in [5.41, 5.74) is 3.36. The minimum absolute atomic E-state index is 0.580. The first-order valence-electron chi connectivity index (χ1n) is 7.50. The number of hydrogen-bond acceptors (Lipinski definition) is 4. The van der Waals surface area contributed by atoms with Gasteiger partial charge in [-0.3, -0.25) is 9.97 Å². The molecule has 0 atom stereocenters. The maximum Gasteiger partial charge on any atom is 0.0887 e. The van der Waals surface area contributed by atoms with E-state index in [9.17, 15) is 0 Å². The second-order valence-electron chi connectivity index (χ2n) is 4.91. The summed E-state index contributed by atoms with van der Waals surface area (Å²) in [7, 11) is 0. The van der Waals surface area contributed by atoms with E-state index in [4.69, 9.17) is 4.74 Å². The summed E-state index contributed by atoms with van der Waals surface area (Å²) in [6.07, 6.45) is 5.70. The monoisotopic (exact) mass is 285 g/mol. The predicted molar refractivity (Wildman–Crippen MR) is 83.8 cm³/mol. The number of ether oxygens (including phenoxy) is 1. The van der Waals surface area contributed by atoms with Gasteiger partial charge in [-0.1, -0.05) is 13.0 Å². The van der Waals surface area contributed by atoms with Gasteiger partial charge in [-0.05, 0) is 49.2 Å². The smallest absolute Gasteiger partial charge is 0.0887 e. The van der Waals surface area contributed by atoms with Gasteiger partial charge in [-0.15, -0.1) is 0 Å². The van der Waals surface area contributed by atoms with E-state index in [1.54, 1.807) is 0 Å². The maximum atomic E-state index is 5.70. The second-order valence-corrected chi connectivity index (χ2v) is 4.91. The van der Waals surface area contributed by atoms with Crippen LogP contribution in [0.3, 0.4) is 0 Å². The summed E-state index contributed by atoms with van der Waals surface area (Å²) >= 11 is 0. The molecule has 0 aromatic carbocycles. The van der Waals surface area contributed by atoms with Crippen molar-refractivity contribution in [1.82, 2.24) is 15.3 Å². The normalized spacial score (nSPS) is 10.7. The third-order valence-electron chi connectivity index (χ3n) is 3.17. The molecule has 0 amide bonds. The van der Waals surface area contributed by atoms with Crippen molar-refractivity contribution in [3.8, 4) is 0 Å². The predicted octanol–water partition coefficient (Wildman–Crippen LogP) is 2.74. The lowest BCUT2D eigenvalue weighted by Crippen LogP contribution is -2.13. The van der Waals surface area contributed by atoms with E-state index in [0.29, 0.717) is 6.61 Å². The van der Waals surface area contributed by atoms with Crippen LogP contribution in [0, 0.1) is 0 Å². The van der Waals surface area contributed by atoms with E-state index in [-0.39, 0.29) is 0 Å². The Hall–Kier alpha value is -1.78. The van der Waals surface area contributed by atoms with Gasteiger partial charge in [0.1, 0.15) is 0 Å². The van der Waals surface area contributed by atoms with Gasteiger partial charge in [-0.25, -0.2) is 0 Å². The molecule has 0 aliphatic carbocycles. The molecule has 0 spiro atoms. The molecule has 0 bridgehead atoms. The molecule has 21 heavy (non-hydrogen) atoms. The molecule has 0 aliphatic heterocycles. The fourth-order valence-electron chi connectivity index (χ4n) is 2.07. The average molecular weight is 285 g/mol. The molecule has 112 valence electrons. The molecule has 0 radical (unpaired) electrons. The highest BCUT2D eigenvalue weighted by molar-refractivity contribution is 5.11. The highest BCUT2D eigenvalue weighted by Gasteiger charge is 1.99. The summed E-state index contributed by atoms with van der Waals surface area (Å²) in [6.45, 7) is 5.19. The fraction of sp³-hybridized carbons (Fsp3) is 0.412. The van der Waals surface area contributed by atoms with Crippen molar-refractivity contribution in [3.05, 3.63) is 59.7 Å².